The Balaban J connectivity index is 2.16. The van der Waals surface area contributed by atoms with Crippen LogP contribution in [-0.4, -0.2) is 13.1 Å². The molecular formula is C9H16N2O. The number of urea groups is 1. The summed E-state index contributed by atoms with van der Waals surface area (Å²) in [7, 11) is 1.61. The fourth-order valence-electron chi connectivity index (χ4n) is 1.48. The molecule has 68 valence electrons. The molecule has 1 aliphatic rings. The Labute approximate surface area is 73.2 Å². The van der Waals surface area contributed by atoms with Gasteiger partial charge in [0.25, 0.3) is 0 Å². The molecule has 1 rings (SSSR count). The summed E-state index contributed by atoms with van der Waals surface area (Å²) < 4.78 is 0. The third-order valence-electron chi connectivity index (χ3n) is 2.21. The fraction of sp³-hybridized carbons (Fsp3) is 0.667. The predicted molar refractivity (Wildman–Crippen MR) is 48.7 cm³/mol. The van der Waals surface area contributed by atoms with Crippen LogP contribution in [0.3, 0.4) is 0 Å². The molecule has 2 N–H and O–H groups in total. The molecule has 0 aromatic carbocycles. The lowest BCUT2D eigenvalue weighted by molar-refractivity contribution is 0.246. The summed E-state index contributed by atoms with van der Waals surface area (Å²) in [5.74, 6) is 0.683. The van der Waals surface area contributed by atoms with E-state index in [0.29, 0.717) is 5.92 Å². The second kappa shape index (κ2) is 4.80. The van der Waals surface area contributed by atoms with Gasteiger partial charge in [0.1, 0.15) is 0 Å². The highest BCUT2D eigenvalue weighted by molar-refractivity contribution is 5.74. The molecule has 0 aromatic rings. The highest BCUT2D eigenvalue weighted by atomic mass is 16.2. The molecule has 3 heteroatoms. The van der Waals surface area contributed by atoms with Crippen LogP contribution < -0.4 is 10.6 Å². The van der Waals surface area contributed by atoms with Gasteiger partial charge in [-0.25, -0.2) is 4.79 Å². The zero-order valence-corrected chi connectivity index (χ0v) is 7.47. The monoisotopic (exact) mass is 168 g/mol. The molecule has 1 aliphatic carbocycles. The smallest absolute Gasteiger partial charge is 0.318 e. The Bertz CT molecular complexity index is 171. The van der Waals surface area contributed by atoms with Crippen LogP contribution in [0.2, 0.25) is 0 Å². The van der Waals surface area contributed by atoms with Crippen LogP contribution in [0.15, 0.2) is 12.3 Å². The van der Waals surface area contributed by atoms with Crippen molar-refractivity contribution in [3.63, 3.8) is 0 Å². The van der Waals surface area contributed by atoms with Crippen LogP contribution in [0.4, 0.5) is 4.79 Å². The molecule has 0 unspecified atom stereocenters. The Kier molecular flexibility index (Phi) is 3.64. The topological polar surface area (TPSA) is 41.1 Å². The Morgan fingerprint density at radius 2 is 2.08 bits per heavy atom. The van der Waals surface area contributed by atoms with E-state index in [1.807, 2.05) is 0 Å². The van der Waals surface area contributed by atoms with Crippen LogP contribution in [-0.2, 0) is 0 Å². The minimum Gasteiger partial charge on any atom is -0.341 e. The SMILES string of the molecule is CNC(=O)N/C=C/C1CCCC1. The van der Waals surface area contributed by atoms with Gasteiger partial charge in [-0.15, -0.1) is 0 Å². The second-order valence-electron chi connectivity index (χ2n) is 3.13. The van der Waals surface area contributed by atoms with Crippen molar-refractivity contribution in [2.75, 3.05) is 7.05 Å². The Morgan fingerprint density at radius 1 is 1.42 bits per heavy atom. The first-order valence-electron chi connectivity index (χ1n) is 4.48. The van der Waals surface area contributed by atoms with Gasteiger partial charge in [-0.05, 0) is 18.8 Å². The summed E-state index contributed by atoms with van der Waals surface area (Å²) in [6.45, 7) is 0. The molecule has 0 saturated heterocycles. The molecular weight excluding hydrogens is 152 g/mol. The Morgan fingerprint density at radius 3 is 2.67 bits per heavy atom. The molecule has 0 spiro atoms. The number of carbonyl (C=O) groups is 1. The van der Waals surface area contributed by atoms with Gasteiger partial charge in [0.15, 0.2) is 0 Å². The van der Waals surface area contributed by atoms with Gasteiger partial charge < -0.3 is 10.6 Å². The van der Waals surface area contributed by atoms with Crippen molar-refractivity contribution < 1.29 is 4.79 Å². The molecule has 0 atom stereocenters. The molecule has 0 aliphatic heterocycles. The number of hydrogen-bond donors (Lipinski definition) is 2. The first-order valence-corrected chi connectivity index (χ1v) is 4.48. The summed E-state index contributed by atoms with van der Waals surface area (Å²) in [4.78, 5) is 10.7. The van der Waals surface area contributed by atoms with Crippen molar-refractivity contribution in [2.24, 2.45) is 5.92 Å². The summed E-state index contributed by atoms with van der Waals surface area (Å²) >= 11 is 0. The van der Waals surface area contributed by atoms with Crippen molar-refractivity contribution in [2.45, 2.75) is 25.7 Å². The van der Waals surface area contributed by atoms with Crippen molar-refractivity contribution in [3.8, 4) is 0 Å². The number of hydrogen-bond acceptors (Lipinski definition) is 1. The molecule has 3 nitrogen and oxygen atoms in total. The van der Waals surface area contributed by atoms with E-state index in [0.717, 1.165) is 0 Å². The summed E-state index contributed by atoms with van der Waals surface area (Å²) in [5, 5.41) is 5.12. The van der Waals surface area contributed by atoms with Gasteiger partial charge >= 0.3 is 6.03 Å². The van der Waals surface area contributed by atoms with E-state index in [9.17, 15) is 4.79 Å². The van der Waals surface area contributed by atoms with Gasteiger partial charge in [0.2, 0.25) is 0 Å². The molecule has 2 amide bonds. The second-order valence-corrected chi connectivity index (χ2v) is 3.13. The highest BCUT2D eigenvalue weighted by Crippen LogP contribution is 2.25. The molecule has 0 radical (unpaired) electrons. The number of rotatable bonds is 2. The molecule has 0 aromatic heterocycles. The maximum atomic E-state index is 10.7. The van der Waals surface area contributed by atoms with E-state index in [4.69, 9.17) is 0 Å². The first kappa shape index (κ1) is 9.10. The van der Waals surface area contributed by atoms with E-state index in [-0.39, 0.29) is 6.03 Å². The van der Waals surface area contributed by atoms with Crippen LogP contribution >= 0.6 is 0 Å². The third-order valence-corrected chi connectivity index (χ3v) is 2.21. The number of amides is 2. The summed E-state index contributed by atoms with van der Waals surface area (Å²) in [5.41, 5.74) is 0. The maximum absolute atomic E-state index is 10.7. The van der Waals surface area contributed by atoms with Crippen LogP contribution in [0.25, 0.3) is 0 Å². The number of carbonyl (C=O) groups excluding carboxylic acids is 1. The van der Waals surface area contributed by atoms with Crippen LogP contribution in [0.1, 0.15) is 25.7 Å². The van der Waals surface area contributed by atoms with Crippen molar-refractivity contribution in [3.05, 3.63) is 12.3 Å². The highest BCUT2D eigenvalue weighted by Gasteiger charge is 2.10. The van der Waals surface area contributed by atoms with E-state index in [1.54, 1.807) is 13.2 Å². The average Bonchev–Trinajstić information content (AvgIpc) is 2.57. The molecule has 1 fully saturated rings. The minimum atomic E-state index is -0.149. The normalized spacial score (nSPS) is 18.4. The minimum absolute atomic E-state index is 0.149. The van der Waals surface area contributed by atoms with Gasteiger partial charge in [0.05, 0.1) is 0 Å². The maximum Gasteiger partial charge on any atom is 0.318 e. The standard InChI is InChI=1S/C9H16N2O/c1-10-9(12)11-7-6-8-4-2-3-5-8/h6-8H,2-5H2,1H3,(H2,10,11,12)/b7-6+. The molecule has 1 saturated carbocycles. The molecule has 12 heavy (non-hydrogen) atoms. The van der Waals surface area contributed by atoms with Crippen LogP contribution in [0, 0.1) is 5.92 Å². The van der Waals surface area contributed by atoms with Gasteiger partial charge in [-0.3, -0.25) is 0 Å². The van der Waals surface area contributed by atoms with Crippen LogP contribution in [0.5, 0.6) is 0 Å². The number of nitrogens with one attached hydrogen (secondary N) is 2. The third kappa shape index (κ3) is 2.95. The van der Waals surface area contributed by atoms with Gasteiger partial charge in [0, 0.05) is 13.2 Å². The van der Waals surface area contributed by atoms with E-state index >= 15 is 0 Å². The first-order chi connectivity index (χ1) is 5.83. The average molecular weight is 168 g/mol. The zero-order chi connectivity index (χ0) is 8.81. The van der Waals surface area contributed by atoms with E-state index in [1.165, 1.54) is 25.7 Å². The summed E-state index contributed by atoms with van der Waals surface area (Å²) in [6, 6.07) is -0.149. The molecule has 0 bridgehead atoms. The van der Waals surface area contributed by atoms with E-state index < -0.39 is 0 Å². The van der Waals surface area contributed by atoms with Gasteiger partial charge in [-0.2, -0.15) is 0 Å². The lowest BCUT2D eigenvalue weighted by Crippen LogP contribution is -2.28. The van der Waals surface area contributed by atoms with Crippen molar-refractivity contribution in [1.82, 2.24) is 10.6 Å². The summed E-state index contributed by atoms with van der Waals surface area (Å²) in [6.07, 6.45) is 9.03. The largest absolute Gasteiger partial charge is 0.341 e. The lowest BCUT2D eigenvalue weighted by atomic mass is 10.1. The van der Waals surface area contributed by atoms with Gasteiger partial charge in [-0.1, -0.05) is 18.9 Å². The molecule has 0 heterocycles. The lowest BCUT2D eigenvalue weighted by Gasteiger charge is -2.00. The van der Waals surface area contributed by atoms with E-state index in [2.05, 4.69) is 16.7 Å². The van der Waals surface area contributed by atoms with Crippen molar-refractivity contribution in [1.29, 1.82) is 0 Å². The zero-order valence-electron chi connectivity index (χ0n) is 7.47. The quantitative estimate of drug-likeness (QED) is 0.646. The Hall–Kier alpha value is -0.990. The number of allylic oxidation sites excluding steroid dienone is 1. The predicted octanol–water partition coefficient (Wildman–Crippen LogP) is 1.62. The van der Waals surface area contributed by atoms with Crippen molar-refractivity contribution >= 4 is 6.03 Å². The fourth-order valence-corrected chi connectivity index (χ4v) is 1.48.